The number of benzene rings is 2. The molecule has 2 aromatic rings. The van der Waals surface area contributed by atoms with Crippen molar-refractivity contribution in [2.24, 2.45) is 0 Å². The maximum Gasteiger partial charge on any atom is 0.257 e. The SMILES string of the molecule is CC(C)c1ccc(C(O)CNC(=O)c2c(F)c(F)c(F)c(F)c2F)cc1. The van der Waals surface area contributed by atoms with Gasteiger partial charge in [0, 0.05) is 6.54 Å². The van der Waals surface area contributed by atoms with Crippen molar-refractivity contribution in [3.63, 3.8) is 0 Å². The van der Waals surface area contributed by atoms with Gasteiger partial charge in [-0.25, -0.2) is 22.0 Å². The van der Waals surface area contributed by atoms with Crippen molar-refractivity contribution in [3.8, 4) is 0 Å². The molecule has 0 aliphatic heterocycles. The van der Waals surface area contributed by atoms with E-state index in [2.05, 4.69) is 0 Å². The third-order valence-corrected chi connectivity index (χ3v) is 3.88. The van der Waals surface area contributed by atoms with Gasteiger partial charge in [0.25, 0.3) is 5.91 Å². The fourth-order valence-electron chi connectivity index (χ4n) is 2.30. The quantitative estimate of drug-likeness (QED) is 0.473. The van der Waals surface area contributed by atoms with Gasteiger partial charge in [-0.2, -0.15) is 0 Å². The second kappa shape index (κ2) is 7.82. The van der Waals surface area contributed by atoms with Crippen LogP contribution in [-0.4, -0.2) is 17.6 Å². The van der Waals surface area contributed by atoms with Crippen molar-refractivity contribution >= 4 is 5.91 Å². The first kappa shape index (κ1) is 19.8. The van der Waals surface area contributed by atoms with E-state index in [0.29, 0.717) is 5.56 Å². The van der Waals surface area contributed by atoms with Crippen LogP contribution in [0.1, 0.15) is 47.4 Å². The van der Waals surface area contributed by atoms with Gasteiger partial charge in [-0.05, 0) is 17.0 Å². The lowest BCUT2D eigenvalue weighted by Gasteiger charge is -2.14. The third-order valence-electron chi connectivity index (χ3n) is 3.88. The van der Waals surface area contributed by atoms with Crippen LogP contribution in [0.4, 0.5) is 22.0 Å². The number of halogens is 5. The Kier molecular flexibility index (Phi) is 5.97. The van der Waals surface area contributed by atoms with Gasteiger partial charge in [0.15, 0.2) is 23.3 Å². The Hall–Kier alpha value is -2.48. The Labute approximate surface area is 146 Å². The summed E-state index contributed by atoms with van der Waals surface area (Å²) in [4.78, 5) is 11.8. The van der Waals surface area contributed by atoms with E-state index in [-0.39, 0.29) is 5.92 Å². The van der Waals surface area contributed by atoms with Gasteiger partial charge in [-0.1, -0.05) is 38.1 Å². The molecule has 0 spiro atoms. The molecule has 2 rings (SSSR count). The zero-order valence-corrected chi connectivity index (χ0v) is 13.9. The standard InChI is InChI=1S/C18H16F5NO2/c1-8(2)9-3-5-10(6-4-9)11(25)7-24-18(26)12-13(19)15(21)17(23)16(22)14(12)20/h3-6,8,11,25H,7H2,1-2H3,(H,24,26). The molecule has 0 aliphatic rings. The van der Waals surface area contributed by atoms with Crippen LogP contribution in [0.3, 0.4) is 0 Å². The maximum absolute atomic E-state index is 13.6. The van der Waals surface area contributed by atoms with Crippen LogP contribution >= 0.6 is 0 Å². The molecule has 2 aromatic carbocycles. The van der Waals surface area contributed by atoms with Gasteiger partial charge in [-0.3, -0.25) is 4.79 Å². The second-order valence-electron chi connectivity index (χ2n) is 5.99. The Morgan fingerprint density at radius 3 is 1.77 bits per heavy atom. The Morgan fingerprint density at radius 2 is 1.31 bits per heavy atom. The molecule has 3 nitrogen and oxygen atoms in total. The van der Waals surface area contributed by atoms with Crippen LogP contribution in [0.15, 0.2) is 24.3 Å². The summed E-state index contributed by atoms with van der Waals surface area (Å²) >= 11 is 0. The number of carbonyl (C=O) groups excluding carboxylic acids is 1. The van der Waals surface area contributed by atoms with E-state index in [1.165, 1.54) is 0 Å². The van der Waals surface area contributed by atoms with Crippen LogP contribution in [0.2, 0.25) is 0 Å². The monoisotopic (exact) mass is 373 g/mol. The molecule has 0 saturated carbocycles. The highest BCUT2D eigenvalue weighted by Gasteiger charge is 2.29. The normalized spacial score (nSPS) is 12.3. The van der Waals surface area contributed by atoms with Gasteiger partial charge < -0.3 is 10.4 Å². The number of carbonyl (C=O) groups is 1. The van der Waals surface area contributed by atoms with Crippen molar-refractivity contribution in [1.29, 1.82) is 0 Å². The number of hydrogen-bond donors (Lipinski definition) is 2. The molecule has 2 N–H and O–H groups in total. The lowest BCUT2D eigenvalue weighted by Crippen LogP contribution is -2.30. The molecule has 0 aliphatic carbocycles. The highest BCUT2D eigenvalue weighted by molar-refractivity contribution is 5.94. The zero-order chi connectivity index (χ0) is 19.6. The molecule has 1 unspecified atom stereocenters. The van der Waals surface area contributed by atoms with Crippen molar-refractivity contribution in [2.75, 3.05) is 6.54 Å². The van der Waals surface area contributed by atoms with Crippen molar-refractivity contribution < 1.29 is 31.9 Å². The maximum atomic E-state index is 13.6. The first-order valence-electron chi connectivity index (χ1n) is 7.72. The summed E-state index contributed by atoms with van der Waals surface area (Å²) in [5.41, 5.74) is -0.151. The summed E-state index contributed by atoms with van der Waals surface area (Å²) in [6.07, 6.45) is -1.22. The summed E-state index contributed by atoms with van der Waals surface area (Å²) in [6, 6.07) is 6.78. The van der Waals surface area contributed by atoms with Crippen LogP contribution in [0, 0.1) is 29.1 Å². The number of nitrogens with one attached hydrogen (secondary N) is 1. The highest BCUT2D eigenvalue weighted by Crippen LogP contribution is 2.23. The number of rotatable bonds is 5. The minimum absolute atomic E-state index is 0.273. The molecule has 0 saturated heterocycles. The van der Waals surface area contributed by atoms with Crippen LogP contribution in [0.25, 0.3) is 0 Å². The van der Waals surface area contributed by atoms with Gasteiger partial charge in [0.05, 0.1) is 6.10 Å². The van der Waals surface area contributed by atoms with Gasteiger partial charge in [0.2, 0.25) is 5.82 Å². The van der Waals surface area contributed by atoms with Crippen molar-refractivity contribution in [3.05, 3.63) is 70.0 Å². The molecule has 1 amide bonds. The molecule has 0 heterocycles. The minimum atomic E-state index is -2.35. The molecule has 8 heteroatoms. The molecule has 140 valence electrons. The first-order chi connectivity index (χ1) is 12.1. The van der Waals surface area contributed by atoms with Crippen LogP contribution in [-0.2, 0) is 0 Å². The first-order valence-corrected chi connectivity index (χ1v) is 7.72. The van der Waals surface area contributed by atoms with E-state index in [0.717, 1.165) is 5.56 Å². The molecule has 26 heavy (non-hydrogen) atoms. The molecular weight excluding hydrogens is 357 g/mol. The topological polar surface area (TPSA) is 49.3 Å². The van der Waals surface area contributed by atoms with Gasteiger partial charge >= 0.3 is 0 Å². The third kappa shape index (κ3) is 3.85. The fraction of sp³-hybridized carbons (Fsp3) is 0.278. The van der Waals surface area contributed by atoms with Crippen LogP contribution < -0.4 is 5.32 Å². The van der Waals surface area contributed by atoms with Gasteiger partial charge in [-0.15, -0.1) is 0 Å². The predicted octanol–water partition coefficient (Wildman–Crippen LogP) is 3.97. The summed E-state index contributed by atoms with van der Waals surface area (Å²) in [7, 11) is 0. The molecule has 0 aromatic heterocycles. The number of hydrogen-bond acceptors (Lipinski definition) is 2. The van der Waals surface area contributed by atoms with E-state index in [4.69, 9.17) is 0 Å². The van der Waals surface area contributed by atoms with Crippen molar-refractivity contribution in [2.45, 2.75) is 25.9 Å². The minimum Gasteiger partial charge on any atom is -0.387 e. The average molecular weight is 373 g/mol. The Bertz CT molecular complexity index is 792. The van der Waals surface area contributed by atoms with Crippen LogP contribution in [0.5, 0.6) is 0 Å². The average Bonchev–Trinajstić information content (AvgIpc) is 2.63. The molecule has 1 atom stereocenters. The Morgan fingerprint density at radius 1 is 0.885 bits per heavy atom. The summed E-state index contributed by atoms with van der Waals surface area (Å²) in [5.74, 6) is -12.5. The number of aliphatic hydroxyl groups is 1. The van der Waals surface area contributed by atoms with E-state index >= 15 is 0 Å². The van der Waals surface area contributed by atoms with E-state index in [1.54, 1.807) is 24.3 Å². The highest BCUT2D eigenvalue weighted by atomic mass is 19.2. The van der Waals surface area contributed by atoms with E-state index < -0.39 is 53.2 Å². The largest absolute Gasteiger partial charge is 0.387 e. The second-order valence-corrected chi connectivity index (χ2v) is 5.99. The van der Waals surface area contributed by atoms with E-state index in [9.17, 15) is 31.9 Å². The summed E-state index contributed by atoms with van der Waals surface area (Å²) < 4.78 is 66.4. The molecular formula is C18H16F5NO2. The number of amides is 1. The van der Waals surface area contributed by atoms with E-state index in [1.807, 2.05) is 19.2 Å². The Balaban J connectivity index is 2.14. The summed E-state index contributed by atoms with van der Waals surface area (Å²) in [6.45, 7) is 3.49. The summed E-state index contributed by atoms with van der Waals surface area (Å²) in [5, 5.41) is 12.0. The molecule has 0 bridgehead atoms. The molecule has 0 fully saturated rings. The lowest BCUT2D eigenvalue weighted by molar-refractivity contribution is 0.0904. The smallest absolute Gasteiger partial charge is 0.257 e. The number of aliphatic hydroxyl groups excluding tert-OH is 1. The predicted molar refractivity (Wildman–Crippen MR) is 84.1 cm³/mol. The van der Waals surface area contributed by atoms with Crippen molar-refractivity contribution in [1.82, 2.24) is 5.32 Å². The molecule has 0 radical (unpaired) electrons. The lowest BCUT2D eigenvalue weighted by atomic mass is 10.00. The fourth-order valence-corrected chi connectivity index (χ4v) is 2.30. The zero-order valence-electron chi connectivity index (χ0n) is 13.9. The van der Waals surface area contributed by atoms with Gasteiger partial charge in [0.1, 0.15) is 5.56 Å².